The molecule has 1 aromatic rings. The molecule has 0 amide bonds. The summed E-state index contributed by atoms with van der Waals surface area (Å²) in [5, 5.41) is 0.744. The highest BCUT2D eigenvalue weighted by molar-refractivity contribution is 6.33. The van der Waals surface area contributed by atoms with E-state index < -0.39 is 0 Å². The first-order valence-corrected chi connectivity index (χ1v) is 6.63. The Morgan fingerprint density at radius 3 is 3.12 bits per heavy atom. The minimum atomic E-state index is 0.704. The highest BCUT2D eigenvalue weighted by atomic mass is 35.5. The van der Waals surface area contributed by atoms with Crippen LogP contribution in [0.3, 0.4) is 0 Å². The van der Waals surface area contributed by atoms with Crippen molar-refractivity contribution in [1.82, 2.24) is 4.98 Å². The van der Waals surface area contributed by atoms with Gasteiger partial charge in [0.05, 0.1) is 10.7 Å². The summed E-state index contributed by atoms with van der Waals surface area (Å²) in [6, 6.07) is 1.99. The second-order valence-corrected chi connectivity index (χ2v) is 5.04. The van der Waals surface area contributed by atoms with Crippen LogP contribution in [0.4, 0.5) is 5.69 Å². The fourth-order valence-corrected chi connectivity index (χ4v) is 2.85. The van der Waals surface area contributed by atoms with Crippen molar-refractivity contribution in [3.05, 3.63) is 23.5 Å². The molecule has 4 heteroatoms. The van der Waals surface area contributed by atoms with Gasteiger partial charge in [0.1, 0.15) is 0 Å². The van der Waals surface area contributed by atoms with E-state index in [1.165, 1.54) is 12.8 Å². The van der Waals surface area contributed by atoms with Gasteiger partial charge in [0.2, 0.25) is 0 Å². The molecule has 2 heterocycles. The van der Waals surface area contributed by atoms with E-state index in [1.807, 2.05) is 6.07 Å². The number of alkyl halides is 1. The second-order valence-electron chi connectivity index (χ2n) is 4.26. The summed E-state index contributed by atoms with van der Waals surface area (Å²) in [5.74, 6) is 1.46. The molecule has 0 bridgehead atoms. The van der Waals surface area contributed by atoms with Crippen LogP contribution in [0.1, 0.15) is 19.3 Å². The molecule has 1 saturated heterocycles. The van der Waals surface area contributed by atoms with E-state index in [-0.39, 0.29) is 0 Å². The molecule has 0 radical (unpaired) electrons. The van der Waals surface area contributed by atoms with Crippen LogP contribution in [-0.2, 0) is 0 Å². The summed E-state index contributed by atoms with van der Waals surface area (Å²) in [6.45, 7) is 2.15. The number of halogens is 2. The number of hydrogen-bond donors (Lipinski definition) is 0. The number of piperidine rings is 1. The van der Waals surface area contributed by atoms with Gasteiger partial charge in [-0.25, -0.2) is 0 Å². The lowest BCUT2D eigenvalue weighted by Crippen LogP contribution is -2.35. The third kappa shape index (κ3) is 2.80. The van der Waals surface area contributed by atoms with E-state index in [0.29, 0.717) is 5.92 Å². The van der Waals surface area contributed by atoms with Gasteiger partial charge in [0.15, 0.2) is 0 Å². The number of nitrogens with zero attached hydrogens (tertiary/aromatic N) is 2. The van der Waals surface area contributed by atoms with Gasteiger partial charge in [0.25, 0.3) is 0 Å². The maximum absolute atomic E-state index is 6.15. The number of anilines is 1. The molecule has 1 aliphatic rings. The molecule has 0 N–H and O–H groups in total. The van der Waals surface area contributed by atoms with Crippen LogP contribution < -0.4 is 4.90 Å². The molecule has 1 unspecified atom stereocenters. The van der Waals surface area contributed by atoms with E-state index in [2.05, 4.69) is 9.88 Å². The van der Waals surface area contributed by atoms with Gasteiger partial charge in [0, 0.05) is 31.4 Å². The van der Waals surface area contributed by atoms with Gasteiger partial charge in [-0.3, -0.25) is 4.98 Å². The van der Waals surface area contributed by atoms with Gasteiger partial charge in [-0.15, -0.1) is 11.6 Å². The van der Waals surface area contributed by atoms with Crippen molar-refractivity contribution in [2.45, 2.75) is 19.3 Å². The van der Waals surface area contributed by atoms with Crippen LogP contribution >= 0.6 is 23.2 Å². The summed E-state index contributed by atoms with van der Waals surface area (Å²) in [7, 11) is 0. The molecule has 1 fully saturated rings. The largest absolute Gasteiger partial charge is 0.370 e. The summed E-state index contributed by atoms with van der Waals surface area (Å²) >= 11 is 12.0. The predicted octanol–water partition coefficient (Wildman–Crippen LogP) is 3.58. The van der Waals surface area contributed by atoms with Gasteiger partial charge in [-0.1, -0.05) is 11.6 Å². The first kappa shape index (κ1) is 12.0. The highest BCUT2D eigenvalue weighted by Gasteiger charge is 2.20. The van der Waals surface area contributed by atoms with E-state index in [4.69, 9.17) is 23.2 Å². The van der Waals surface area contributed by atoms with E-state index in [0.717, 1.165) is 36.1 Å². The van der Waals surface area contributed by atoms with Crippen molar-refractivity contribution in [1.29, 1.82) is 0 Å². The minimum Gasteiger partial charge on any atom is -0.370 e. The Morgan fingerprint density at radius 1 is 1.50 bits per heavy atom. The topological polar surface area (TPSA) is 16.1 Å². The van der Waals surface area contributed by atoms with Crippen molar-refractivity contribution in [3.63, 3.8) is 0 Å². The van der Waals surface area contributed by atoms with Gasteiger partial charge in [-0.2, -0.15) is 0 Å². The third-order valence-corrected chi connectivity index (χ3v) is 3.64. The zero-order chi connectivity index (χ0) is 11.4. The van der Waals surface area contributed by atoms with Gasteiger partial charge in [-0.05, 0) is 31.2 Å². The average molecular weight is 259 g/mol. The fraction of sp³-hybridized carbons (Fsp3) is 0.583. The van der Waals surface area contributed by atoms with Crippen molar-refractivity contribution in [3.8, 4) is 0 Å². The molecule has 1 atom stereocenters. The lowest BCUT2D eigenvalue weighted by Gasteiger charge is -2.34. The summed E-state index contributed by atoms with van der Waals surface area (Å²) < 4.78 is 0. The maximum Gasteiger partial charge on any atom is 0.0822 e. The normalized spacial score (nSPS) is 21.1. The Balaban J connectivity index is 2.07. The minimum absolute atomic E-state index is 0.704. The summed E-state index contributed by atoms with van der Waals surface area (Å²) in [4.78, 5) is 6.37. The Labute approximate surface area is 107 Å². The van der Waals surface area contributed by atoms with Crippen LogP contribution in [0.15, 0.2) is 18.5 Å². The summed E-state index contributed by atoms with van der Waals surface area (Å²) in [6.07, 6.45) is 7.11. The monoisotopic (exact) mass is 258 g/mol. The van der Waals surface area contributed by atoms with Crippen molar-refractivity contribution in [2.24, 2.45) is 5.92 Å². The lowest BCUT2D eigenvalue weighted by molar-refractivity contribution is 0.406. The van der Waals surface area contributed by atoms with Crippen LogP contribution in [0.5, 0.6) is 0 Å². The zero-order valence-electron chi connectivity index (χ0n) is 9.20. The standard InChI is InChI=1S/C12H16Cl2N2/c13-5-3-10-2-1-7-16(9-10)12-4-6-15-8-11(12)14/h4,6,8,10H,1-3,5,7,9H2. The number of pyridine rings is 1. The van der Waals surface area contributed by atoms with Crippen LogP contribution in [0.2, 0.25) is 5.02 Å². The Bertz CT molecular complexity index is 342. The molecule has 0 aromatic carbocycles. The first-order chi connectivity index (χ1) is 7.81. The fourth-order valence-electron chi connectivity index (χ4n) is 2.30. The molecular weight excluding hydrogens is 243 g/mol. The van der Waals surface area contributed by atoms with E-state index >= 15 is 0 Å². The lowest BCUT2D eigenvalue weighted by atomic mass is 9.95. The third-order valence-electron chi connectivity index (χ3n) is 3.13. The summed E-state index contributed by atoms with van der Waals surface area (Å²) in [5.41, 5.74) is 1.11. The molecule has 88 valence electrons. The number of aromatic nitrogens is 1. The van der Waals surface area contributed by atoms with E-state index in [9.17, 15) is 0 Å². The van der Waals surface area contributed by atoms with Crippen LogP contribution in [0.25, 0.3) is 0 Å². The smallest absolute Gasteiger partial charge is 0.0822 e. The van der Waals surface area contributed by atoms with Gasteiger partial charge < -0.3 is 4.90 Å². The number of hydrogen-bond acceptors (Lipinski definition) is 2. The second kappa shape index (κ2) is 5.74. The Morgan fingerprint density at radius 2 is 2.38 bits per heavy atom. The molecule has 2 rings (SSSR count). The van der Waals surface area contributed by atoms with E-state index in [1.54, 1.807) is 12.4 Å². The molecule has 0 spiro atoms. The van der Waals surface area contributed by atoms with Crippen LogP contribution in [-0.4, -0.2) is 24.0 Å². The molecule has 0 aliphatic carbocycles. The highest BCUT2D eigenvalue weighted by Crippen LogP contribution is 2.29. The molecule has 16 heavy (non-hydrogen) atoms. The molecule has 1 aliphatic heterocycles. The molecule has 1 aromatic heterocycles. The SMILES string of the molecule is ClCCC1CCCN(c2ccncc2Cl)C1. The van der Waals surface area contributed by atoms with Crippen LogP contribution in [0, 0.1) is 5.92 Å². The molecule has 2 nitrogen and oxygen atoms in total. The predicted molar refractivity (Wildman–Crippen MR) is 69.5 cm³/mol. The Kier molecular flexibility index (Phi) is 4.30. The number of rotatable bonds is 3. The molecule has 0 saturated carbocycles. The quantitative estimate of drug-likeness (QED) is 0.771. The zero-order valence-corrected chi connectivity index (χ0v) is 10.7. The average Bonchev–Trinajstić information content (AvgIpc) is 2.30. The Hall–Kier alpha value is -0.470. The maximum atomic E-state index is 6.15. The van der Waals surface area contributed by atoms with Crippen molar-refractivity contribution < 1.29 is 0 Å². The molecular formula is C12H16Cl2N2. The van der Waals surface area contributed by atoms with Crippen molar-refractivity contribution in [2.75, 3.05) is 23.9 Å². The van der Waals surface area contributed by atoms with Crippen molar-refractivity contribution >= 4 is 28.9 Å². The first-order valence-electron chi connectivity index (χ1n) is 5.71. The van der Waals surface area contributed by atoms with Gasteiger partial charge >= 0.3 is 0 Å².